The van der Waals surface area contributed by atoms with Crippen LogP contribution in [0.4, 0.5) is 11.5 Å². The zero-order valence-electron chi connectivity index (χ0n) is 15.6. The highest BCUT2D eigenvalue weighted by atomic mass is 16.5. The molecule has 0 spiro atoms. The third kappa shape index (κ3) is 3.07. The Morgan fingerprint density at radius 1 is 0.852 bits per heavy atom. The molecule has 138 valence electrons. The van der Waals surface area contributed by atoms with E-state index in [-0.39, 0.29) is 0 Å². The van der Waals surface area contributed by atoms with Gasteiger partial charge in [0, 0.05) is 37.5 Å². The normalized spacial score (nSPS) is 17.4. The number of benzene rings is 2. The molecule has 1 aliphatic heterocycles. The Bertz CT molecular complexity index is 961. The van der Waals surface area contributed by atoms with E-state index in [4.69, 9.17) is 14.7 Å². The van der Waals surface area contributed by atoms with Crippen LogP contribution >= 0.6 is 0 Å². The quantitative estimate of drug-likeness (QED) is 0.707. The third-order valence-corrected chi connectivity index (χ3v) is 5.55. The molecular weight excluding hydrogens is 336 g/mol. The van der Waals surface area contributed by atoms with Crippen molar-refractivity contribution < 1.29 is 4.74 Å². The lowest BCUT2D eigenvalue weighted by molar-refractivity contribution is 0.413. The number of methoxy groups -OCH3 is 1. The van der Waals surface area contributed by atoms with Crippen molar-refractivity contribution in [2.75, 3.05) is 43.1 Å². The number of nitrogens with zero attached hydrogens (tertiary/aromatic N) is 4. The molecular formula is C22H24N4O. The Balaban J connectivity index is 1.42. The van der Waals surface area contributed by atoms with E-state index in [0.717, 1.165) is 54.5 Å². The van der Waals surface area contributed by atoms with Gasteiger partial charge in [0.15, 0.2) is 0 Å². The van der Waals surface area contributed by atoms with Gasteiger partial charge in [-0.25, -0.2) is 9.97 Å². The van der Waals surface area contributed by atoms with Gasteiger partial charge in [0.2, 0.25) is 0 Å². The first-order chi connectivity index (χ1) is 13.3. The SMILES string of the molecule is COc1ccccc1N1CCN(c2nc(C3CC3)nc3ccccc23)CC1. The summed E-state index contributed by atoms with van der Waals surface area (Å²) in [5, 5.41) is 1.16. The topological polar surface area (TPSA) is 41.5 Å². The first-order valence-corrected chi connectivity index (χ1v) is 9.73. The van der Waals surface area contributed by atoms with Crippen molar-refractivity contribution in [1.29, 1.82) is 0 Å². The lowest BCUT2D eigenvalue weighted by atomic mass is 10.2. The predicted octanol–water partition coefficient (Wildman–Crippen LogP) is 3.84. The highest BCUT2D eigenvalue weighted by molar-refractivity contribution is 5.89. The smallest absolute Gasteiger partial charge is 0.142 e. The summed E-state index contributed by atoms with van der Waals surface area (Å²) in [6.07, 6.45) is 2.44. The zero-order valence-corrected chi connectivity index (χ0v) is 15.6. The van der Waals surface area contributed by atoms with E-state index < -0.39 is 0 Å². The number of rotatable bonds is 4. The number of piperazine rings is 1. The number of ether oxygens (including phenoxy) is 1. The lowest BCUT2D eigenvalue weighted by Crippen LogP contribution is -2.47. The maximum Gasteiger partial charge on any atom is 0.142 e. The molecule has 27 heavy (non-hydrogen) atoms. The summed E-state index contributed by atoms with van der Waals surface area (Å²) >= 11 is 0. The number of hydrogen-bond donors (Lipinski definition) is 0. The summed E-state index contributed by atoms with van der Waals surface area (Å²) < 4.78 is 5.54. The van der Waals surface area contributed by atoms with Crippen LogP contribution in [0, 0.1) is 0 Å². The molecule has 5 heteroatoms. The molecule has 5 nitrogen and oxygen atoms in total. The van der Waals surface area contributed by atoms with Crippen LogP contribution in [-0.4, -0.2) is 43.3 Å². The summed E-state index contributed by atoms with van der Waals surface area (Å²) in [5.41, 5.74) is 2.24. The summed E-state index contributed by atoms with van der Waals surface area (Å²) in [5.74, 6) is 3.62. The Kier molecular flexibility index (Phi) is 4.07. The van der Waals surface area contributed by atoms with Gasteiger partial charge < -0.3 is 14.5 Å². The molecule has 1 saturated heterocycles. The van der Waals surface area contributed by atoms with Crippen molar-refractivity contribution in [3.05, 3.63) is 54.4 Å². The fourth-order valence-electron chi connectivity index (χ4n) is 3.89. The van der Waals surface area contributed by atoms with E-state index in [2.05, 4.69) is 46.2 Å². The first-order valence-electron chi connectivity index (χ1n) is 9.73. The average molecular weight is 360 g/mol. The second-order valence-corrected chi connectivity index (χ2v) is 7.34. The molecule has 0 bridgehead atoms. The molecule has 0 atom stereocenters. The van der Waals surface area contributed by atoms with Crippen LogP contribution in [0.15, 0.2) is 48.5 Å². The fraction of sp³-hybridized carbons (Fsp3) is 0.364. The maximum atomic E-state index is 5.54. The van der Waals surface area contributed by atoms with E-state index >= 15 is 0 Å². The maximum absolute atomic E-state index is 5.54. The second-order valence-electron chi connectivity index (χ2n) is 7.34. The molecule has 1 aromatic heterocycles. The van der Waals surface area contributed by atoms with E-state index in [1.165, 1.54) is 18.5 Å². The van der Waals surface area contributed by atoms with Crippen LogP contribution in [0.25, 0.3) is 10.9 Å². The van der Waals surface area contributed by atoms with E-state index in [1.54, 1.807) is 7.11 Å². The molecule has 2 aliphatic rings. The molecule has 1 aliphatic carbocycles. The number of fused-ring (bicyclic) bond motifs is 1. The van der Waals surface area contributed by atoms with Crippen molar-refractivity contribution in [1.82, 2.24) is 9.97 Å². The minimum Gasteiger partial charge on any atom is -0.495 e. The van der Waals surface area contributed by atoms with Crippen LogP contribution < -0.4 is 14.5 Å². The first kappa shape index (κ1) is 16.4. The predicted molar refractivity (Wildman–Crippen MR) is 109 cm³/mol. The average Bonchev–Trinajstić information content (AvgIpc) is 3.58. The van der Waals surface area contributed by atoms with Gasteiger partial charge >= 0.3 is 0 Å². The van der Waals surface area contributed by atoms with Gasteiger partial charge in [0.05, 0.1) is 18.3 Å². The molecule has 2 aromatic carbocycles. The van der Waals surface area contributed by atoms with Crippen molar-refractivity contribution in [3.63, 3.8) is 0 Å². The number of aromatic nitrogens is 2. The Morgan fingerprint density at radius 2 is 1.56 bits per heavy atom. The van der Waals surface area contributed by atoms with Crippen LogP contribution in [0.2, 0.25) is 0 Å². The van der Waals surface area contributed by atoms with E-state index in [0.29, 0.717) is 5.92 Å². The minimum absolute atomic E-state index is 0.559. The largest absolute Gasteiger partial charge is 0.495 e. The molecule has 0 N–H and O–H groups in total. The van der Waals surface area contributed by atoms with Gasteiger partial charge in [-0.1, -0.05) is 24.3 Å². The molecule has 5 rings (SSSR count). The number of anilines is 2. The zero-order chi connectivity index (χ0) is 18.2. The summed E-state index contributed by atoms with van der Waals surface area (Å²) in [6, 6.07) is 16.7. The van der Waals surface area contributed by atoms with Gasteiger partial charge in [-0.3, -0.25) is 0 Å². The number of para-hydroxylation sites is 3. The Hall–Kier alpha value is -2.82. The van der Waals surface area contributed by atoms with Crippen molar-refractivity contribution in [3.8, 4) is 5.75 Å². The second kappa shape index (κ2) is 6.72. The van der Waals surface area contributed by atoms with Gasteiger partial charge in [0.1, 0.15) is 17.4 Å². The monoisotopic (exact) mass is 360 g/mol. The van der Waals surface area contributed by atoms with Crippen molar-refractivity contribution in [2.24, 2.45) is 0 Å². The standard InChI is InChI=1S/C22H24N4O/c1-27-20-9-5-4-8-19(20)25-12-14-26(15-13-25)22-17-6-2-3-7-18(17)23-21(24-22)16-10-11-16/h2-9,16H,10-15H2,1H3. The van der Waals surface area contributed by atoms with Gasteiger partial charge in [0.25, 0.3) is 0 Å². The summed E-state index contributed by atoms with van der Waals surface area (Å²) in [7, 11) is 1.74. The molecule has 0 unspecified atom stereocenters. The Morgan fingerprint density at radius 3 is 2.33 bits per heavy atom. The molecule has 2 fully saturated rings. The van der Waals surface area contributed by atoms with Crippen LogP contribution in [0.5, 0.6) is 5.75 Å². The lowest BCUT2D eigenvalue weighted by Gasteiger charge is -2.37. The Labute approximate surface area is 159 Å². The molecule has 0 radical (unpaired) electrons. The van der Waals surface area contributed by atoms with Gasteiger partial charge in [-0.05, 0) is 37.1 Å². The minimum atomic E-state index is 0.559. The highest BCUT2D eigenvalue weighted by Crippen LogP contribution is 2.40. The summed E-state index contributed by atoms with van der Waals surface area (Å²) in [4.78, 5) is 14.6. The fourth-order valence-corrected chi connectivity index (χ4v) is 3.89. The molecule has 2 heterocycles. The summed E-state index contributed by atoms with van der Waals surface area (Å²) in [6.45, 7) is 3.81. The molecule has 0 amide bonds. The van der Waals surface area contributed by atoms with Crippen molar-refractivity contribution in [2.45, 2.75) is 18.8 Å². The number of hydrogen-bond acceptors (Lipinski definition) is 5. The van der Waals surface area contributed by atoms with Crippen LogP contribution in [-0.2, 0) is 0 Å². The third-order valence-electron chi connectivity index (χ3n) is 5.55. The van der Waals surface area contributed by atoms with Gasteiger partial charge in [-0.2, -0.15) is 0 Å². The van der Waals surface area contributed by atoms with Crippen LogP contribution in [0.3, 0.4) is 0 Å². The van der Waals surface area contributed by atoms with Crippen LogP contribution in [0.1, 0.15) is 24.6 Å². The van der Waals surface area contributed by atoms with Crippen molar-refractivity contribution >= 4 is 22.4 Å². The molecule has 1 saturated carbocycles. The van der Waals surface area contributed by atoms with E-state index in [1.807, 2.05) is 12.1 Å². The highest BCUT2D eigenvalue weighted by Gasteiger charge is 2.29. The van der Waals surface area contributed by atoms with Gasteiger partial charge in [-0.15, -0.1) is 0 Å². The molecule has 3 aromatic rings. The van der Waals surface area contributed by atoms with E-state index in [9.17, 15) is 0 Å².